The van der Waals surface area contributed by atoms with Crippen molar-refractivity contribution in [1.82, 2.24) is 5.32 Å². The highest BCUT2D eigenvalue weighted by Gasteiger charge is 2.30. The fraction of sp³-hybridized carbons (Fsp3) is 0.286. The summed E-state index contributed by atoms with van der Waals surface area (Å²) in [6, 6.07) is 5.95. The maximum atomic E-state index is 11.7. The standard InChI is InChI=1S/C14H16N2O5/c1-3-8-21-11-7-5-4-6-10(11)16-13(19)15-9-14(2,20)12(17)18/h1,4-7,20H,8-9H2,2H3,(H,17,18)(H2,15,16,19). The number of anilines is 1. The summed E-state index contributed by atoms with van der Waals surface area (Å²) in [6.45, 7) is 0.690. The first kappa shape index (κ1) is 16.3. The van der Waals surface area contributed by atoms with Crippen LogP contribution in [0.25, 0.3) is 0 Å². The molecular formula is C14H16N2O5. The van der Waals surface area contributed by atoms with Gasteiger partial charge in [0.15, 0.2) is 5.60 Å². The van der Waals surface area contributed by atoms with Crippen molar-refractivity contribution in [3.63, 3.8) is 0 Å². The number of carbonyl (C=O) groups is 2. The molecule has 7 nitrogen and oxygen atoms in total. The summed E-state index contributed by atoms with van der Waals surface area (Å²) in [5.41, 5.74) is -1.67. The second-order valence-corrected chi connectivity index (χ2v) is 4.38. The summed E-state index contributed by atoms with van der Waals surface area (Å²) in [7, 11) is 0. The Bertz CT molecular complexity index is 563. The van der Waals surface area contributed by atoms with Gasteiger partial charge in [0.1, 0.15) is 12.4 Å². The van der Waals surface area contributed by atoms with Gasteiger partial charge in [0.05, 0.1) is 12.2 Å². The summed E-state index contributed by atoms with van der Waals surface area (Å²) in [5.74, 6) is 1.26. The highest BCUT2D eigenvalue weighted by Crippen LogP contribution is 2.23. The van der Waals surface area contributed by atoms with E-state index in [0.717, 1.165) is 6.92 Å². The molecule has 0 heterocycles. The molecule has 1 aromatic carbocycles. The van der Waals surface area contributed by atoms with Gasteiger partial charge in [-0.3, -0.25) is 0 Å². The van der Waals surface area contributed by atoms with Gasteiger partial charge < -0.3 is 25.6 Å². The third-order valence-corrected chi connectivity index (χ3v) is 2.50. The maximum Gasteiger partial charge on any atom is 0.337 e. The van der Waals surface area contributed by atoms with Gasteiger partial charge in [-0.2, -0.15) is 0 Å². The van der Waals surface area contributed by atoms with Gasteiger partial charge in [-0.15, -0.1) is 6.42 Å². The topological polar surface area (TPSA) is 108 Å². The van der Waals surface area contributed by atoms with E-state index in [4.69, 9.17) is 16.3 Å². The molecule has 0 aliphatic heterocycles. The summed E-state index contributed by atoms with van der Waals surface area (Å²) in [5, 5.41) is 23.0. The predicted molar refractivity (Wildman–Crippen MR) is 76.1 cm³/mol. The summed E-state index contributed by atoms with van der Waals surface area (Å²) < 4.78 is 5.25. The van der Waals surface area contributed by atoms with Crippen molar-refractivity contribution in [2.75, 3.05) is 18.5 Å². The van der Waals surface area contributed by atoms with Crippen LogP contribution >= 0.6 is 0 Å². The van der Waals surface area contributed by atoms with Crippen LogP contribution in [0.3, 0.4) is 0 Å². The van der Waals surface area contributed by atoms with Crippen LogP contribution in [-0.4, -0.2) is 41.0 Å². The Hall–Kier alpha value is -2.72. The molecule has 0 radical (unpaired) electrons. The molecule has 0 bridgehead atoms. The van der Waals surface area contributed by atoms with E-state index >= 15 is 0 Å². The van der Waals surface area contributed by atoms with Crippen LogP contribution < -0.4 is 15.4 Å². The monoisotopic (exact) mass is 292 g/mol. The summed E-state index contributed by atoms with van der Waals surface area (Å²) in [6.07, 6.45) is 5.09. The number of urea groups is 1. The zero-order valence-electron chi connectivity index (χ0n) is 11.4. The van der Waals surface area contributed by atoms with Crippen LogP contribution in [0.1, 0.15) is 6.92 Å². The highest BCUT2D eigenvalue weighted by molar-refractivity contribution is 5.91. The molecule has 0 fully saturated rings. The third kappa shape index (κ3) is 5.04. The number of rotatable bonds is 6. The second-order valence-electron chi connectivity index (χ2n) is 4.38. The number of aliphatic hydroxyl groups is 1. The molecule has 112 valence electrons. The predicted octanol–water partition coefficient (Wildman–Crippen LogP) is 0.656. The van der Waals surface area contributed by atoms with Gasteiger partial charge in [0.25, 0.3) is 0 Å². The van der Waals surface area contributed by atoms with Crippen molar-refractivity contribution in [3.8, 4) is 18.1 Å². The molecule has 1 aromatic rings. The molecule has 21 heavy (non-hydrogen) atoms. The lowest BCUT2D eigenvalue weighted by molar-refractivity contribution is -0.155. The first-order chi connectivity index (χ1) is 9.86. The fourth-order valence-electron chi connectivity index (χ4n) is 1.31. The van der Waals surface area contributed by atoms with Crippen molar-refractivity contribution in [2.24, 2.45) is 0 Å². The number of carbonyl (C=O) groups excluding carboxylic acids is 1. The quantitative estimate of drug-likeness (QED) is 0.576. The smallest absolute Gasteiger partial charge is 0.337 e. The van der Waals surface area contributed by atoms with Crippen LogP contribution in [0.2, 0.25) is 0 Å². The summed E-state index contributed by atoms with van der Waals surface area (Å²) in [4.78, 5) is 22.4. The number of benzene rings is 1. The average molecular weight is 292 g/mol. The number of aliphatic carboxylic acids is 1. The van der Waals surface area contributed by atoms with E-state index < -0.39 is 24.1 Å². The molecule has 0 aliphatic carbocycles. The van der Waals surface area contributed by atoms with E-state index in [0.29, 0.717) is 11.4 Å². The van der Waals surface area contributed by atoms with Crippen LogP contribution in [0.5, 0.6) is 5.75 Å². The van der Waals surface area contributed by atoms with Crippen molar-refractivity contribution in [3.05, 3.63) is 24.3 Å². The van der Waals surface area contributed by atoms with E-state index in [9.17, 15) is 14.7 Å². The number of hydrogen-bond donors (Lipinski definition) is 4. The van der Waals surface area contributed by atoms with Crippen LogP contribution in [0, 0.1) is 12.3 Å². The van der Waals surface area contributed by atoms with Gasteiger partial charge >= 0.3 is 12.0 Å². The first-order valence-electron chi connectivity index (χ1n) is 6.02. The van der Waals surface area contributed by atoms with E-state index in [1.54, 1.807) is 24.3 Å². The largest absolute Gasteiger partial charge is 0.479 e. The molecule has 2 amide bonds. The molecule has 1 rings (SSSR count). The van der Waals surface area contributed by atoms with Crippen molar-refractivity contribution < 1.29 is 24.5 Å². The Labute approximate surface area is 121 Å². The molecule has 0 spiro atoms. The lowest BCUT2D eigenvalue weighted by atomic mass is 10.1. The Morgan fingerprint density at radius 2 is 2.10 bits per heavy atom. The summed E-state index contributed by atoms with van der Waals surface area (Å²) >= 11 is 0. The van der Waals surface area contributed by atoms with Gasteiger partial charge in [0, 0.05) is 0 Å². The van der Waals surface area contributed by atoms with E-state index in [1.165, 1.54) is 0 Å². The molecule has 0 aromatic heterocycles. The minimum Gasteiger partial charge on any atom is -0.479 e. The Morgan fingerprint density at radius 1 is 1.43 bits per heavy atom. The van der Waals surface area contributed by atoms with Crippen molar-refractivity contribution >= 4 is 17.7 Å². The van der Waals surface area contributed by atoms with Gasteiger partial charge in [-0.1, -0.05) is 18.1 Å². The maximum absolute atomic E-state index is 11.7. The van der Waals surface area contributed by atoms with Gasteiger partial charge in [-0.05, 0) is 19.1 Å². The molecule has 7 heteroatoms. The highest BCUT2D eigenvalue weighted by atomic mass is 16.5. The Morgan fingerprint density at radius 3 is 2.71 bits per heavy atom. The normalized spacial score (nSPS) is 12.6. The third-order valence-electron chi connectivity index (χ3n) is 2.50. The minimum absolute atomic E-state index is 0.0496. The molecule has 1 unspecified atom stereocenters. The number of ether oxygens (including phenoxy) is 1. The Balaban J connectivity index is 2.63. The average Bonchev–Trinajstić information content (AvgIpc) is 2.44. The zero-order valence-corrected chi connectivity index (χ0v) is 11.4. The van der Waals surface area contributed by atoms with Crippen molar-refractivity contribution in [1.29, 1.82) is 0 Å². The van der Waals surface area contributed by atoms with Crippen LogP contribution in [0.4, 0.5) is 10.5 Å². The fourth-order valence-corrected chi connectivity index (χ4v) is 1.31. The number of hydrogen-bond acceptors (Lipinski definition) is 4. The Kier molecular flexibility index (Phi) is 5.57. The van der Waals surface area contributed by atoms with Crippen molar-refractivity contribution in [2.45, 2.75) is 12.5 Å². The number of carboxylic acid groups (broad SMARTS) is 1. The van der Waals surface area contributed by atoms with E-state index in [2.05, 4.69) is 16.6 Å². The molecule has 1 atom stereocenters. The number of nitrogens with one attached hydrogen (secondary N) is 2. The second kappa shape index (κ2) is 7.17. The lowest BCUT2D eigenvalue weighted by Crippen LogP contribution is -2.47. The molecule has 0 aliphatic rings. The first-order valence-corrected chi connectivity index (χ1v) is 6.02. The van der Waals surface area contributed by atoms with Gasteiger partial charge in [-0.25, -0.2) is 9.59 Å². The van der Waals surface area contributed by atoms with Crippen LogP contribution in [-0.2, 0) is 4.79 Å². The minimum atomic E-state index is -2.04. The molecule has 0 saturated carbocycles. The number of para-hydroxylation sites is 2. The van der Waals surface area contributed by atoms with Gasteiger partial charge in [0.2, 0.25) is 0 Å². The lowest BCUT2D eigenvalue weighted by Gasteiger charge is -2.19. The SMILES string of the molecule is C#CCOc1ccccc1NC(=O)NCC(C)(O)C(=O)O. The van der Waals surface area contributed by atoms with E-state index in [1.807, 2.05) is 0 Å². The number of amides is 2. The molecule has 0 saturated heterocycles. The number of carboxylic acids is 1. The molecule has 4 N–H and O–H groups in total. The molecular weight excluding hydrogens is 276 g/mol. The van der Waals surface area contributed by atoms with Crippen LogP contribution in [0.15, 0.2) is 24.3 Å². The van der Waals surface area contributed by atoms with E-state index in [-0.39, 0.29) is 6.61 Å². The zero-order chi connectivity index (χ0) is 15.9. The number of terminal acetylenes is 1.